The molecule has 21 heavy (non-hydrogen) atoms. The second kappa shape index (κ2) is 6.10. The van der Waals surface area contributed by atoms with E-state index in [1.807, 2.05) is 11.6 Å². The zero-order chi connectivity index (χ0) is 14.7. The molecular weight excluding hydrogens is 262 g/mol. The Morgan fingerprint density at radius 1 is 1.24 bits per heavy atom. The quantitative estimate of drug-likeness (QED) is 0.706. The van der Waals surface area contributed by atoms with Crippen molar-refractivity contribution in [3.8, 4) is 0 Å². The van der Waals surface area contributed by atoms with E-state index in [2.05, 4.69) is 57.5 Å². The molecule has 5 heteroatoms. The highest BCUT2D eigenvalue weighted by Gasteiger charge is 2.10. The second-order valence-corrected chi connectivity index (χ2v) is 5.33. The van der Waals surface area contributed by atoms with Gasteiger partial charge in [0, 0.05) is 30.7 Å². The van der Waals surface area contributed by atoms with Crippen LogP contribution in [0.3, 0.4) is 0 Å². The standard InChI is InChI=1S/C16H21N5/c1-3-8-17-9-13-10-21(11-16-19-18-12-20(16)2)15-7-5-4-6-14(13)15/h4-7,10,12,17H,3,8-9,11H2,1-2H3. The lowest BCUT2D eigenvalue weighted by Crippen LogP contribution is -2.13. The summed E-state index contributed by atoms with van der Waals surface area (Å²) in [5.41, 5.74) is 2.58. The van der Waals surface area contributed by atoms with Crippen LogP contribution in [0.15, 0.2) is 36.8 Å². The largest absolute Gasteiger partial charge is 0.339 e. The van der Waals surface area contributed by atoms with Crippen LogP contribution in [0.25, 0.3) is 10.9 Å². The first-order valence-electron chi connectivity index (χ1n) is 7.40. The molecule has 1 N–H and O–H groups in total. The van der Waals surface area contributed by atoms with E-state index in [-0.39, 0.29) is 0 Å². The van der Waals surface area contributed by atoms with E-state index < -0.39 is 0 Å². The van der Waals surface area contributed by atoms with Crippen molar-refractivity contribution in [3.63, 3.8) is 0 Å². The smallest absolute Gasteiger partial charge is 0.152 e. The van der Waals surface area contributed by atoms with Crippen LogP contribution >= 0.6 is 0 Å². The Labute approximate surface area is 124 Å². The van der Waals surface area contributed by atoms with Gasteiger partial charge in [-0.15, -0.1) is 10.2 Å². The molecule has 0 saturated heterocycles. The fourth-order valence-electron chi connectivity index (χ4n) is 2.60. The number of benzene rings is 1. The molecule has 0 spiro atoms. The molecule has 0 atom stereocenters. The fraction of sp³-hybridized carbons (Fsp3) is 0.375. The van der Waals surface area contributed by atoms with Crippen molar-refractivity contribution >= 4 is 10.9 Å². The van der Waals surface area contributed by atoms with Crippen molar-refractivity contribution in [2.75, 3.05) is 6.54 Å². The SMILES string of the molecule is CCCNCc1cn(Cc2nncn2C)c2ccccc12. The molecule has 1 aromatic carbocycles. The molecule has 0 unspecified atom stereocenters. The highest BCUT2D eigenvalue weighted by atomic mass is 15.3. The first kappa shape index (κ1) is 13.8. The number of nitrogens with zero attached hydrogens (tertiary/aromatic N) is 4. The van der Waals surface area contributed by atoms with Crippen LogP contribution in [-0.2, 0) is 20.1 Å². The number of aromatic nitrogens is 4. The average Bonchev–Trinajstić information content (AvgIpc) is 3.05. The lowest BCUT2D eigenvalue weighted by Gasteiger charge is -2.04. The van der Waals surface area contributed by atoms with Gasteiger partial charge in [0.15, 0.2) is 5.82 Å². The third-order valence-electron chi connectivity index (χ3n) is 3.73. The minimum absolute atomic E-state index is 0.741. The van der Waals surface area contributed by atoms with Gasteiger partial charge in [-0.05, 0) is 24.6 Å². The maximum Gasteiger partial charge on any atom is 0.152 e. The van der Waals surface area contributed by atoms with Crippen LogP contribution in [0.4, 0.5) is 0 Å². The molecule has 0 radical (unpaired) electrons. The number of hydrogen-bond donors (Lipinski definition) is 1. The molecule has 5 nitrogen and oxygen atoms in total. The number of nitrogens with one attached hydrogen (secondary N) is 1. The zero-order valence-corrected chi connectivity index (χ0v) is 12.6. The third-order valence-corrected chi connectivity index (χ3v) is 3.73. The molecular formula is C16H21N5. The lowest BCUT2D eigenvalue weighted by atomic mass is 10.2. The van der Waals surface area contributed by atoms with Crippen LogP contribution in [0.1, 0.15) is 24.7 Å². The van der Waals surface area contributed by atoms with Crippen LogP contribution < -0.4 is 5.32 Å². The second-order valence-electron chi connectivity index (χ2n) is 5.33. The van der Waals surface area contributed by atoms with Gasteiger partial charge >= 0.3 is 0 Å². The van der Waals surface area contributed by atoms with E-state index in [0.717, 1.165) is 31.9 Å². The van der Waals surface area contributed by atoms with Crippen molar-refractivity contribution in [1.29, 1.82) is 0 Å². The Morgan fingerprint density at radius 2 is 2.10 bits per heavy atom. The summed E-state index contributed by atoms with van der Waals surface area (Å²) in [6.45, 7) is 4.87. The van der Waals surface area contributed by atoms with Crippen molar-refractivity contribution < 1.29 is 0 Å². The van der Waals surface area contributed by atoms with E-state index in [4.69, 9.17) is 0 Å². The molecule has 3 aromatic rings. The highest BCUT2D eigenvalue weighted by Crippen LogP contribution is 2.22. The Bertz CT molecular complexity index is 725. The average molecular weight is 283 g/mol. The van der Waals surface area contributed by atoms with E-state index in [1.54, 1.807) is 6.33 Å². The Kier molecular flexibility index (Phi) is 4.01. The molecule has 0 bridgehead atoms. The highest BCUT2D eigenvalue weighted by molar-refractivity contribution is 5.84. The fourth-order valence-corrected chi connectivity index (χ4v) is 2.60. The van der Waals surface area contributed by atoms with Crippen molar-refractivity contribution in [1.82, 2.24) is 24.6 Å². The van der Waals surface area contributed by atoms with Gasteiger partial charge in [-0.2, -0.15) is 0 Å². The van der Waals surface area contributed by atoms with E-state index in [0.29, 0.717) is 0 Å². The van der Waals surface area contributed by atoms with E-state index in [1.165, 1.54) is 16.5 Å². The molecule has 2 heterocycles. The van der Waals surface area contributed by atoms with E-state index >= 15 is 0 Å². The summed E-state index contributed by atoms with van der Waals surface area (Å²) in [4.78, 5) is 0. The van der Waals surface area contributed by atoms with Gasteiger partial charge in [-0.3, -0.25) is 0 Å². The Hall–Kier alpha value is -2.14. The van der Waals surface area contributed by atoms with Gasteiger partial charge in [0.05, 0.1) is 6.54 Å². The van der Waals surface area contributed by atoms with Crippen LogP contribution in [0.2, 0.25) is 0 Å². The molecule has 0 fully saturated rings. The zero-order valence-electron chi connectivity index (χ0n) is 12.6. The minimum Gasteiger partial charge on any atom is -0.339 e. The Morgan fingerprint density at radius 3 is 2.86 bits per heavy atom. The van der Waals surface area contributed by atoms with Crippen LogP contribution in [-0.4, -0.2) is 25.9 Å². The molecule has 2 aromatic heterocycles. The van der Waals surface area contributed by atoms with Crippen LogP contribution in [0, 0.1) is 0 Å². The summed E-state index contributed by atoms with van der Waals surface area (Å²) in [6.07, 6.45) is 5.12. The summed E-state index contributed by atoms with van der Waals surface area (Å²) in [7, 11) is 1.98. The minimum atomic E-state index is 0.741. The molecule has 0 aliphatic carbocycles. The molecule has 0 amide bonds. The van der Waals surface area contributed by atoms with Gasteiger partial charge in [0.1, 0.15) is 6.33 Å². The lowest BCUT2D eigenvalue weighted by molar-refractivity contribution is 0.671. The van der Waals surface area contributed by atoms with Gasteiger partial charge in [0.2, 0.25) is 0 Å². The molecule has 0 saturated carbocycles. The van der Waals surface area contributed by atoms with Crippen molar-refractivity contribution in [2.24, 2.45) is 7.05 Å². The topological polar surface area (TPSA) is 47.7 Å². The number of hydrogen-bond acceptors (Lipinski definition) is 3. The normalized spacial score (nSPS) is 11.3. The molecule has 0 aliphatic rings. The molecule has 0 aliphatic heterocycles. The first-order valence-corrected chi connectivity index (χ1v) is 7.40. The van der Waals surface area contributed by atoms with Crippen molar-refractivity contribution in [2.45, 2.75) is 26.4 Å². The van der Waals surface area contributed by atoms with Gasteiger partial charge in [-0.25, -0.2) is 0 Å². The maximum atomic E-state index is 4.18. The summed E-state index contributed by atoms with van der Waals surface area (Å²) < 4.78 is 4.21. The number of rotatable bonds is 6. The maximum absolute atomic E-state index is 4.18. The van der Waals surface area contributed by atoms with Crippen molar-refractivity contribution in [3.05, 3.63) is 48.2 Å². The van der Waals surface area contributed by atoms with Gasteiger partial charge in [0.25, 0.3) is 0 Å². The predicted molar refractivity (Wildman–Crippen MR) is 84.0 cm³/mol. The van der Waals surface area contributed by atoms with Gasteiger partial charge < -0.3 is 14.5 Å². The summed E-state index contributed by atoms with van der Waals surface area (Å²) in [6, 6.07) is 8.53. The molecule has 3 rings (SSSR count). The Balaban J connectivity index is 1.93. The monoisotopic (exact) mass is 283 g/mol. The summed E-state index contributed by atoms with van der Waals surface area (Å²) in [5.74, 6) is 0.962. The third kappa shape index (κ3) is 2.83. The van der Waals surface area contributed by atoms with E-state index in [9.17, 15) is 0 Å². The number of para-hydroxylation sites is 1. The number of fused-ring (bicyclic) bond motifs is 1. The van der Waals surface area contributed by atoms with Crippen LogP contribution in [0.5, 0.6) is 0 Å². The predicted octanol–water partition coefficient (Wildman–Crippen LogP) is 2.32. The van der Waals surface area contributed by atoms with Gasteiger partial charge in [-0.1, -0.05) is 25.1 Å². The summed E-state index contributed by atoms with van der Waals surface area (Å²) in [5, 5.41) is 12.9. The molecule has 110 valence electrons. The first-order chi connectivity index (χ1) is 10.3. The summed E-state index contributed by atoms with van der Waals surface area (Å²) >= 11 is 0. The number of aryl methyl sites for hydroxylation is 1.